The highest BCUT2D eigenvalue weighted by molar-refractivity contribution is 5.84. The van der Waals surface area contributed by atoms with E-state index in [0.717, 1.165) is 19.0 Å². The lowest BCUT2D eigenvalue weighted by Gasteiger charge is -2.22. The number of alkyl halides is 2. The quantitative estimate of drug-likeness (QED) is 0.468. The molecule has 1 aliphatic heterocycles. The lowest BCUT2D eigenvalue weighted by Crippen LogP contribution is -2.34. The summed E-state index contributed by atoms with van der Waals surface area (Å²) in [4.78, 5) is 27.8. The third-order valence-corrected chi connectivity index (χ3v) is 7.47. The van der Waals surface area contributed by atoms with Crippen LogP contribution in [-0.2, 0) is 11.8 Å². The molecule has 2 aliphatic rings. The van der Waals surface area contributed by atoms with Crippen LogP contribution in [0.1, 0.15) is 36.9 Å². The van der Waals surface area contributed by atoms with Gasteiger partial charge in [-0.25, -0.2) is 14.4 Å². The highest BCUT2D eigenvalue weighted by Gasteiger charge is 2.56. The Bertz CT molecular complexity index is 1360. The summed E-state index contributed by atoms with van der Waals surface area (Å²) in [6.07, 6.45) is 4.65. The van der Waals surface area contributed by atoms with E-state index < -0.39 is 18.3 Å². The van der Waals surface area contributed by atoms with Gasteiger partial charge in [0.1, 0.15) is 11.6 Å². The van der Waals surface area contributed by atoms with Crippen molar-refractivity contribution in [1.29, 1.82) is 0 Å². The maximum absolute atomic E-state index is 14.4. The Morgan fingerprint density at radius 1 is 1.26 bits per heavy atom. The normalized spacial score (nSPS) is 18.6. The van der Waals surface area contributed by atoms with Gasteiger partial charge in [-0.1, -0.05) is 0 Å². The molecule has 1 N–H and O–H groups in total. The number of pyridine rings is 2. The number of nitrogens with one attached hydrogen (secondary N) is 1. The van der Waals surface area contributed by atoms with Gasteiger partial charge in [-0.05, 0) is 38.8 Å². The third kappa shape index (κ3) is 4.86. The molecule has 0 aromatic carbocycles. The summed E-state index contributed by atoms with van der Waals surface area (Å²) in [7, 11) is 3.03. The first-order valence-electron chi connectivity index (χ1n) is 12.3. The average Bonchev–Trinajstić information content (AvgIpc) is 3.46. The smallest absolute Gasteiger partial charge is 0.389 e. The number of hydrogen-bond donors (Lipinski definition) is 1. The fourth-order valence-electron chi connectivity index (χ4n) is 5.15. The first-order valence-corrected chi connectivity index (χ1v) is 12.3. The molecule has 12 heteroatoms. The molecule has 3 aromatic rings. The molecule has 9 nitrogen and oxygen atoms in total. The predicted molar refractivity (Wildman–Crippen MR) is 133 cm³/mol. The Labute approximate surface area is 218 Å². The molecule has 2 fully saturated rings. The molecule has 2 atom stereocenters. The van der Waals surface area contributed by atoms with Gasteiger partial charge >= 0.3 is 12.6 Å². The minimum absolute atomic E-state index is 0.00545. The van der Waals surface area contributed by atoms with Gasteiger partial charge in [-0.15, -0.1) is 0 Å². The maximum Gasteiger partial charge on any atom is 0.389 e. The zero-order chi connectivity index (χ0) is 27.2. The topological polar surface area (TPSA) is 94.4 Å². The van der Waals surface area contributed by atoms with Crippen LogP contribution in [0.3, 0.4) is 0 Å². The molecule has 3 aromatic heterocycles. The Morgan fingerprint density at radius 3 is 2.68 bits per heavy atom. The fraction of sp³-hybridized carbons (Fsp3) is 0.462. The second-order valence-electron chi connectivity index (χ2n) is 9.98. The van der Waals surface area contributed by atoms with Gasteiger partial charge in [0, 0.05) is 54.6 Å². The van der Waals surface area contributed by atoms with E-state index in [9.17, 15) is 18.0 Å². The van der Waals surface area contributed by atoms with Crippen molar-refractivity contribution in [2.75, 3.05) is 25.5 Å². The number of likely N-dealkylation sites (tertiary alicyclic amines) is 1. The van der Waals surface area contributed by atoms with Crippen molar-refractivity contribution >= 4 is 11.7 Å². The number of anilines is 1. The summed E-state index contributed by atoms with van der Waals surface area (Å²) >= 11 is 0. The number of halogens is 3. The van der Waals surface area contributed by atoms with E-state index in [1.54, 1.807) is 25.1 Å². The molecule has 1 amide bonds. The fourth-order valence-corrected chi connectivity index (χ4v) is 5.15. The number of hydrogen-bond acceptors (Lipinski definition) is 7. The Balaban J connectivity index is 1.29. The summed E-state index contributed by atoms with van der Waals surface area (Å²) in [5, 5.41) is 3.49. The molecule has 202 valence electrons. The molecule has 1 spiro atoms. The summed E-state index contributed by atoms with van der Waals surface area (Å²) in [5.74, 6) is -0.464. The number of carbonyl (C=O) groups is 1. The number of aromatic nitrogens is 4. The van der Waals surface area contributed by atoms with Crippen LogP contribution in [0, 0.1) is 18.2 Å². The largest absolute Gasteiger partial charge is 0.481 e. The highest BCUT2D eigenvalue weighted by Crippen LogP contribution is 2.54. The van der Waals surface area contributed by atoms with E-state index >= 15 is 0 Å². The van der Waals surface area contributed by atoms with Gasteiger partial charge in [-0.3, -0.25) is 4.79 Å². The monoisotopic (exact) mass is 530 g/mol. The highest BCUT2D eigenvalue weighted by atomic mass is 19.3. The average molecular weight is 531 g/mol. The Morgan fingerprint density at radius 2 is 2.03 bits per heavy atom. The minimum Gasteiger partial charge on any atom is -0.481 e. The van der Waals surface area contributed by atoms with Gasteiger partial charge in [-0.2, -0.15) is 13.8 Å². The molecule has 0 radical (unpaired) electrons. The molecule has 0 bridgehead atoms. The van der Waals surface area contributed by atoms with Crippen molar-refractivity contribution in [3.05, 3.63) is 47.7 Å². The van der Waals surface area contributed by atoms with E-state index in [1.807, 2.05) is 19.1 Å². The number of aryl methyl sites for hydroxylation is 2. The van der Waals surface area contributed by atoms with Crippen molar-refractivity contribution in [3.63, 3.8) is 0 Å². The van der Waals surface area contributed by atoms with E-state index in [4.69, 9.17) is 4.74 Å². The van der Waals surface area contributed by atoms with Crippen LogP contribution < -0.4 is 14.8 Å². The molecule has 1 saturated heterocycles. The standard InChI is InChI=1S/C26H29F3N6O3/c1-14(17-9-22(37-4)30-10-18(17)27)23(36)35-12-20(26(13-35)7-8-26)33-21-6-5-16(15(2)31-21)19-11-34(3)25(32-19)38-24(28)29/h5-6,9-11,14,20,24H,7-8,12-13H2,1-4H3,(H,31,33)/t14?,20-/m1/s1. The number of imidazole rings is 1. The SMILES string of the molecule is COc1cc(C(C)C(=O)N2C[C@@H](Nc3ccc(-c4cn(C)c(OC(F)F)n4)c(C)n3)C3(CC3)C2)c(F)cn1. The minimum atomic E-state index is -2.96. The second kappa shape index (κ2) is 9.80. The summed E-state index contributed by atoms with van der Waals surface area (Å²) < 4.78 is 50.6. The van der Waals surface area contributed by atoms with Gasteiger partial charge in [0.15, 0.2) is 0 Å². The van der Waals surface area contributed by atoms with Gasteiger partial charge in [0.25, 0.3) is 0 Å². The molecule has 4 heterocycles. The first-order chi connectivity index (χ1) is 18.1. The molecular weight excluding hydrogens is 501 g/mol. The lowest BCUT2D eigenvalue weighted by atomic mass is 10.00. The molecule has 5 rings (SSSR count). The van der Waals surface area contributed by atoms with E-state index in [-0.39, 0.29) is 34.8 Å². The van der Waals surface area contributed by atoms with Crippen LogP contribution in [0.4, 0.5) is 19.0 Å². The Kier molecular flexibility index (Phi) is 6.66. The second-order valence-corrected chi connectivity index (χ2v) is 9.98. The van der Waals surface area contributed by atoms with Crippen molar-refractivity contribution in [1.82, 2.24) is 24.4 Å². The van der Waals surface area contributed by atoms with Crippen LogP contribution in [-0.4, -0.2) is 63.2 Å². The van der Waals surface area contributed by atoms with Crippen LogP contribution >= 0.6 is 0 Å². The van der Waals surface area contributed by atoms with Crippen molar-refractivity contribution in [2.45, 2.75) is 45.3 Å². The zero-order valence-corrected chi connectivity index (χ0v) is 21.5. The van der Waals surface area contributed by atoms with Crippen molar-refractivity contribution < 1.29 is 27.4 Å². The predicted octanol–water partition coefficient (Wildman–Crippen LogP) is 4.14. The number of amides is 1. The lowest BCUT2D eigenvalue weighted by molar-refractivity contribution is -0.131. The number of nitrogens with zero attached hydrogens (tertiary/aromatic N) is 5. The Hall–Kier alpha value is -3.83. The van der Waals surface area contributed by atoms with Gasteiger partial charge in [0.2, 0.25) is 11.8 Å². The van der Waals surface area contributed by atoms with E-state index in [0.29, 0.717) is 35.9 Å². The van der Waals surface area contributed by atoms with Gasteiger partial charge < -0.3 is 24.3 Å². The van der Waals surface area contributed by atoms with E-state index in [1.165, 1.54) is 17.7 Å². The van der Waals surface area contributed by atoms with Crippen LogP contribution in [0.2, 0.25) is 0 Å². The van der Waals surface area contributed by atoms with Crippen LogP contribution in [0.15, 0.2) is 30.6 Å². The zero-order valence-electron chi connectivity index (χ0n) is 21.5. The van der Waals surface area contributed by atoms with E-state index in [2.05, 4.69) is 25.0 Å². The number of methoxy groups -OCH3 is 1. The molecule has 1 saturated carbocycles. The molecule has 1 aliphatic carbocycles. The molecule has 38 heavy (non-hydrogen) atoms. The summed E-state index contributed by atoms with van der Waals surface area (Å²) in [6.45, 7) is 1.62. The number of carbonyl (C=O) groups excluding carboxylic acids is 1. The van der Waals surface area contributed by atoms with Crippen LogP contribution in [0.5, 0.6) is 11.9 Å². The first kappa shape index (κ1) is 25.8. The molecule has 1 unspecified atom stereocenters. The molecular formula is C26H29F3N6O3. The maximum atomic E-state index is 14.4. The third-order valence-electron chi connectivity index (χ3n) is 7.47. The number of ether oxygens (including phenoxy) is 2. The van der Waals surface area contributed by atoms with Crippen molar-refractivity contribution in [2.24, 2.45) is 12.5 Å². The van der Waals surface area contributed by atoms with Crippen molar-refractivity contribution in [3.8, 4) is 23.1 Å². The van der Waals surface area contributed by atoms with Gasteiger partial charge in [0.05, 0.1) is 31.0 Å². The number of rotatable bonds is 8. The summed E-state index contributed by atoms with van der Waals surface area (Å²) in [6, 6.07) is 4.93. The van der Waals surface area contributed by atoms with Crippen LogP contribution in [0.25, 0.3) is 11.3 Å². The summed E-state index contributed by atoms with van der Waals surface area (Å²) in [5.41, 5.74) is 2.06.